The summed E-state index contributed by atoms with van der Waals surface area (Å²) in [7, 11) is 6.04. The number of hydrogen-bond acceptors (Lipinski definition) is 8. The van der Waals surface area contributed by atoms with Crippen LogP contribution in [0.2, 0.25) is 0 Å². The maximum atomic E-state index is 11.9. The number of anilines is 1. The largest absolute Gasteiger partial charge is 0.493 e. The summed E-state index contributed by atoms with van der Waals surface area (Å²) < 4.78 is 26.3. The molecule has 3 aromatic rings. The lowest BCUT2D eigenvalue weighted by molar-refractivity contribution is -0.119. The Labute approximate surface area is 167 Å². The fourth-order valence-corrected chi connectivity index (χ4v) is 2.76. The van der Waals surface area contributed by atoms with Crippen LogP contribution in [0.4, 0.5) is 5.69 Å². The normalized spacial score (nSPS) is 10.5. The van der Waals surface area contributed by atoms with Gasteiger partial charge < -0.3 is 28.8 Å². The third-order valence-corrected chi connectivity index (χ3v) is 4.06. The molecule has 9 heteroatoms. The molecule has 29 heavy (non-hydrogen) atoms. The molecule has 0 aliphatic heterocycles. The van der Waals surface area contributed by atoms with Gasteiger partial charge in [-0.25, -0.2) is 0 Å². The number of hydrogen-bond donors (Lipinski definition) is 1. The number of rotatable bonds is 8. The molecule has 9 nitrogen and oxygen atoms in total. The van der Waals surface area contributed by atoms with Crippen LogP contribution in [0.25, 0.3) is 22.8 Å². The summed E-state index contributed by atoms with van der Waals surface area (Å²) in [5.74, 6) is 1.71. The average Bonchev–Trinajstić information content (AvgIpc) is 3.23. The Bertz CT molecular complexity index is 976. The van der Waals surface area contributed by atoms with E-state index >= 15 is 0 Å². The lowest BCUT2D eigenvalue weighted by Crippen LogP contribution is -2.17. The highest BCUT2D eigenvalue weighted by Crippen LogP contribution is 2.41. The lowest BCUT2D eigenvalue weighted by atomic mass is 10.1. The van der Waals surface area contributed by atoms with Gasteiger partial charge in [-0.2, -0.15) is 4.98 Å². The van der Waals surface area contributed by atoms with Gasteiger partial charge in [0.05, 0.1) is 32.6 Å². The second kappa shape index (κ2) is 9.07. The van der Waals surface area contributed by atoms with E-state index in [0.29, 0.717) is 39.9 Å². The Morgan fingerprint density at radius 2 is 1.72 bits per heavy atom. The molecule has 0 saturated carbocycles. The first kappa shape index (κ1) is 20.2. The second-order valence-electron chi connectivity index (χ2n) is 5.86. The number of benzene rings is 2. The van der Waals surface area contributed by atoms with Gasteiger partial charge in [-0.1, -0.05) is 17.3 Å². The van der Waals surface area contributed by atoms with Gasteiger partial charge in [0.2, 0.25) is 17.5 Å². The standard InChI is InChI=1S/C20H21N3O6/c1-25-11-17(24)21-14-8-6-5-7-13(14)20-22-19(23-29-20)12-9-15(26-2)18(28-4)16(10-12)27-3/h5-10H,11H2,1-4H3,(H,21,24). The van der Waals surface area contributed by atoms with Crippen LogP contribution in [0.3, 0.4) is 0 Å². The SMILES string of the molecule is COCC(=O)Nc1ccccc1-c1nc(-c2cc(OC)c(OC)c(OC)c2)no1. The summed E-state index contributed by atoms with van der Waals surface area (Å²) in [4.78, 5) is 16.3. The fourth-order valence-electron chi connectivity index (χ4n) is 2.76. The molecule has 0 saturated heterocycles. The topological polar surface area (TPSA) is 105 Å². The molecular weight excluding hydrogens is 378 g/mol. The third-order valence-electron chi connectivity index (χ3n) is 4.06. The summed E-state index contributed by atoms with van der Waals surface area (Å²) in [5.41, 5.74) is 1.74. The highest BCUT2D eigenvalue weighted by molar-refractivity contribution is 5.95. The summed E-state index contributed by atoms with van der Waals surface area (Å²) in [6.07, 6.45) is 0. The maximum Gasteiger partial charge on any atom is 0.260 e. The van der Waals surface area contributed by atoms with Crippen LogP contribution >= 0.6 is 0 Å². The molecule has 152 valence electrons. The van der Waals surface area contributed by atoms with Crippen molar-refractivity contribution in [2.45, 2.75) is 0 Å². The highest BCUT2D eigenvalue weighted by atomic mass is 16.5. The van der Waals surface area contributed by atoms with Crippen LogP contribution in [0.15, 0.2) is 40.9 Å². The Kier molecular flexibility index (Phi) is 6.30. The van der Waals surface area contributed by atoms with E-state index < -0.39 is 0 Å². The van der Waals surface area contributed by atoms with E-state index in [1.54, 1.807) is 30.3 Å². The number of methoxy groups -OCH3 is 4. The second-order valence-corrected chi connectivity index (χ2v) is 5.86. The lowest BCUT2D eigenvalue weighted by Gasteiger charge is -2.12. The highest BCUT2D eigenvalue weighted by Gasteiger charge is 2.19. The zero-order valence-corrected chi connectivity index (χ0v) is 16.5. The van der Waals surface area contributed by atoms with Crippen LogP contribution in [-0.2, 0) is 9.53 Å². The van der Waals surface area contributed by atoms with Gasteiger partial charge in [0.25, 0.3) is 5.89 Å². The van der Waals surface area contributed by atoms with Crippen molar-refractivity contribution in [2.75, 3.05) is 40.4 Å². The van der Waals surface area contributed by atoms with Crippen LogP contribution in [0.5, 0.6) is 17.2 Å². The number of carbonyl (C=O) groups is 1. The molecule has 0 atom stereocenters. The minimum Gasteiger partial charge on any atom is -0.493 e. The predicted octanol–water partition coefficient (Wildman–Crippen LogP) is 3.01. The van der Waals surface area contributed by atoms with E-state index in [4.69, 9.17) is 23.5 Å². The monoisotopic (exact) mass is 399 g/mol. The van der Waals surface area contributed by atoms with E-state index in [2.05, 4.69) is 15.5 Å². The van der Waals surface area contributed by atoms with Gasteiger partial charge in [-0.05, 0) is 24.3 Å². The van der Waals surface area contributed by atoms with Crippen LogP contribution in [-0.4, -0.2) is 51.1 Å². The zero-order valence-electron chi connectivity index (χ0n) is 16.5. The molecule has 1 amide bonds. The third kappa shape index (κ3) is 4.30. The van der Waals surface area contributed by atoms with Crippen LogP contribution < -0.4 is 19.5 Å². The Balaban J connectivity index is 1.98. The van der Waals surface area contributed by atoms with Gasteiger partial charge >= 0.3 is 0 Å². The van der Waals surface area contributed by atoms with Gasteiger partial charge in [0, 0.05) is 12.7 Å². The number of carbonyl (C=O) groups excluding carboxylic acids is 1. The molecule has 0 radical (unpaired) electrons. The van der Waals surface area contributed by atoms with Crippen molar-refractivity contribution in [1.82, 2.24) is 10.1 Å². The molecule has 0 spiro atoms. The summed E-state index contributed by atoms with van der Waals surface area (Å²) in [5, 5.41) is 6.81. The molecular formula is C20H21N3O6. The molecule has 0 aliphatic carbocycles. The first-order valence-electron chi connectivity index (χ1n) is 8.63. The zero-order chi connectivity index (χ0) is 20.8. The van der Waals surface area contributed by atoms with Crippen molar-refractivity contribution >= 4 is 11.6 Å². The molecule has 3 rings (SSSR count). The van der Waals surface area contributed by atoms with Crippen LogP contribution in [0, 0.1) is 0 Å². The van der Waals surface area contributed by atoms with Crippen molar-refractivity contribution in [3.63, 3.8) is 0 Å². The fraction of sp³-hybridized carbons (Fsp3) is 0.250. The quantitative estimate of drug-likeness (QED) is 0.616. The smallest absolute Gasteiger partial charge is 0.260 e. The van der Waals surface area contributed by atoms with Crippen molar-refractivity contribution in [3.05, 3.63) is 36.4 Å². The number of nitrogens with one attached hydrogen (secondary N) is 1. The van der Waals surface area contributed by atoms with E-state index in [1.165, 1.54) is 28.4 Å². The molecule has 2 aromatic carbocycles. The first-order valence-corrected chi connectivity index (χ1v) is 8.63. The van der Waals surface area contributed by atoms with E-state index in [0.717, 1.165) is 0 Å². The summed E-state index contributed by atoms with van der Waals surface area (Å²) in [6.45, 7) is -0.0607. The van der Waals surface area contributed by atoms with Crippen molar-refractivity contribution in [1.29, 1.82) is 0 Å². The summed E-state index contributed by atoms with van der Waals surface area (Å²) >= 11 is 0. The van der Waals surface area contributed by atoms with E-state index in [9.17, 15) is 4.79 Å². The van der Waals surface area contributed by atoms with Gasteiger partial charge in [0.15, 0.2) is 11.5 Å². The van der Waals surface area contributed by atoms with Crippen LogP contribution in [0.1, 0.15) is 0 Å². The Hall–Kier alpha value is -3.59. The number of ether oxygens (including phenoxy) is 4. The number of amides is 1. The van der Waals surface area contributed by atoms with E-state index in [1.807, 2.05) is 6.07 Å². The average molecular weight is 399 g/mol. The molecule has 1 heterocycles. The van der Waals surface area contributed by atoms with Crippen molar-refractivity contribution in [2.24, 2.45) is 0 Å². The Morgan fingerprint density at radius 1 is 1.03 bits per heavy atom. The maximum absolute atomic E-state index is 11.9. The number of para-hydroxylation sites is 1. The van der Waals surface area contributed by atoms with Crippen molar-refractivity contribution in [3.8, 4) is 40.1 Å². The number of aromatic nitrogens is 2. The molecule has 0 aliphatic rings. The molecule has 0 fully saturated rings. The van der Waals surface area contributed by atoms with Gasteiger partial charge in [-0.15, -0.1) is 0 Å². The minimum atomic E-state index is -0.288. The molecule has 0 unspecified atom stereocenters. The first-order chi connectivity index (χ1) is 14.1. The molecule has 1 aromatic heterocycles. The van der Waals surface area contributed by atoms with E-state index in [-0.39, 0.29) is 18.4 Å². The Morgan fingerprint density at radius 3 is 2.34 bits per heavy atom. The van der Waals surface area contributed by atoms with Gasteiger partial charge in [0.1, 0.15) is 6.61 Å². The molecule has 0 bridgehead atoms. The predicted molar refractivity (Wildman–Crippen MR) is 105 cm³/mol. The van der Waals surface area contributed by atoms with Gasteiger partial charge in [-0.3, -0.25) is 4.79 Å². The minimum absolute atomic E-state index is 0.0607. The number of nitrogens with zero attached hydrogens (tertiary/aromatic N) is 2. The molecule has 1 N–H and O–H groups in total. The van der Waals surface area contributed by atoms with Crippen molar-refractivity contribution < 1.29 is 28.3 Å². The summed E-state index contributed by atoms with van der Waals surface area (Å²) in [6, 6.07) is 10.6.